The lowest BCUT2D eigenvalue weighted by atomic mass is 9.87. The molecular formula is C26H42N7O18P3S. The van der Waals surface area contributed by atoms with Crippen molar-refractivity contribution in [1.29, 1.82) is 0 Å². The molecule has 3 heterocycles. The highest BCUT2D eigenvalue weighted by Gasteiger charge is 2.61. The van der Waals surface area contributed by atoms with Crippen LogP contribution in [-0.2, 0) is 55.5 Å². The van der Waals surface area contributed by atoms with Crippen molar-refractivity contribution < 1.29 is 85.3 Å². The van der Waals surface area contributed by atoms with Crippen LogP contribution in [0, 0.1) is 5.41 Å². The summed E-state index contributed by atoms with van der Waals surface area (Å²) in [6.45, 7) is -0.0218. The number of phosphoric acid groups is 3. The second-order valence-corrected chi connectivity index (χ2v) is 17.1. The fraction of sp³-hybridized carbons (Fsp3) is 0.654. The maximum atomic E-state index is 13.5. The fourth-order valence-corrected chi connectivity index (χ4v) is 8.11. The first kappa shape index (κ1) is 46.8. The number of phosphoric ester groups is 3. The maximum Gasteiger partial charge on any atom is 0.481 e. The Morgan fingerprint density at radius 1 is 1.16 bits per heavy atom. The minimum Gasteiger partial charge on any atom is -0.386 e. The van der Waals surface area contributed by atoms with Crippen molar-refractivity contribution in [3.05, 3.63) is 12.2 Å². The molecular weight excluding hydrogens is 823 g/mol. The van der Waals surface area contributed by atoms with Crippen LogP contribution in [0.1, 0.15) is 26.7 Å². The van der Waals surface area contributed by atoms with Crippen molar-refractivity contribution in [3.8, 4) is 0 Å². The number of aliphatic imine (C=N–C) groups is 3. The fourth-order valence-electron chi connectivity index (χ4n) is 5.17. The van der Waals surface area contributed by atoms with Crippen molar-refractivity contribution in [2.45, 2.75) is 63.0 Å². The van der Waals surface area contributed by atoms with E-state index in [9.17, 15) is 62.7 Å². The quantitative estimate of drug-likeness (QED) is 0.0228. The largest absolute Gasteiger partial charge is 0.481 e. The number of aliphatic hydroxyl groups is 2. The van der Waals surface area contributed by atoms with Gasteiger partial charge in [-0.2, -0.15) is 16.9 Å². The number of nitrogens with zero attached hydrogens (tertiary/aromatic N) is 4. The maximum absolute atomic E-state index is 13.5. The van der Waals surface area contributed by atoms with Crippen molar-refractivity contribution in [2.24, 2.45) is 26.1 Å². The number of thiol groups is 1. The molecule has 3 aliphatic rings. The van der Waals surface area contributed by atoms with E-state index in [1.54, 1.807) is 0 Å². The summed E-state index contributed by atoms with van der Waals surface area (Å²) in [5, 5.41) is 26.5. The van der Waals surface area contributed by atoms with Crippen LogP contribution in [0.5, 0.6) is 0 Å². The van der Waals surface area contributed by atoms with Crippen LogP contribution in [0.2, 0.25) is 0 Å². The van der Waals surface area contributed by atoms with Crippen LogP contribution in [0.25, 0.3) is 0 Å². The topological polar surface area (TPSA) is 377 Å². The highest BCUT2D eigenvalue weighted by atomic mass is 32.1. The molecule has 0 spiro atoms. The molecule has 0 aromatic carbocycles. The molecule has 29 heteroatoms. The lowest BCUT2D eigenvalue weighted by Gasteiger charge is -2.38. The van der Waals surface area contributed by atoms with E-state index in [1.807, 2.05) is 0 Å². The van der Waals surface area contributed by atoms with Gasteiger partial charge in [0.2, 0.25) is 23.3 Å². The van der Waals surface area contributed by atoms with E-state index in [2.05, 4.69) is 47.1 Å². The van der Waals surface area contributed by atoms with E-state index in [0.29, 0.717) is 18.6 Å². The smallest absolute Gasteiger partial charge is 0.386 e. The van der Waals surface area contributed by atoms with Gasteiger partial charge >= 0.3 is 23.5 Å². The van der Waals surface area contributed by atoms with Gasteiger partial charge < -0.3 is 55.7 Å². The van der Waals surface area contributed by atoms with Crippen LogP contribution < -0.4 is 16.4 Å². The van der Waals surface area contributed by atoms with Gasteiger partial charge in [-0.05, 0) is 6.08 Å². The average Bonchev–Trinajstić information content (AvgIpc) is 3.62. The Kier molecular flexibility index (Phi) is 16.3. The highest BCUT2D eigenvalue weighted by Crippen LogP contribution is 2.61. The number of ether oxygens (including phenoxy) is 1. The van der Waals surface area contributed by atoms with E-state index in [-0.39, 0.29) is 30.9 Å². The van der Waals surface area contributed by atoms with Crippen molar-refractivity contribution in [3.63, 3.8) is 0 Å². The zero-order valence-electron chi connectivity index (χ0n) is 29.1. The Morgan fingerprint density at radius 3 is 2.47 bits per heavy atom. The standard InChI is InChI=1S/C26H42N7O18P3S/c1-25(2,21(38)23(39)29-7-6-17(36)28-8-10-55)12-48-54(45,46)51-53(43,44)47-11-15-19(50-52(40,41)42)18(37)24(49-15)33-14-31-20-22(27)30-13-32-26(20,33)16(35)5-3-4-9-34/h3,5,9,13,15,18-19,21,24,37-38,55H,4,6-8,10-12,14H2,1-2H3,(H,28,36)(H,29,39)(H,43,44)(H,45,46)(H2,27,30,32)(H2,40,41,42)/t15-,18-,19-,21+,24-,26?/m1/s1. The SMILES string of the molecule is CC(C)(COP(=O)(O)OP(=O)(O)OC[C@H]1O[C@@H](N2CN=C3C(N)=NC=NC32C(=O)C=CCC=O)[C@H](O)[C@@H]1OP(=O)(O)O)[C@@H](O)C(=O)NCCC(=O)NCCS. The number of carbonyl (C=O) groups is 4. The normalized spacial score (nSPS) is 27.1. The lowest BCUT2D eigenvalue weighted by Crippen LogP contribution is -2.63. The Balaban J connectivity index is 1.70. The number of ketones is 1. The number of hydrogen-bond acceptors (Lipinski definition) is 20. The number of aldehydes is 1. The first-order valence-corrected chi connectivity index (χ1v) is 21.1. The van der Waals surface area contributed by atoms with Crippen LogP contribution in [0.4, 0.5) is 0 Å². The number of nitrogens with one attached hydrogen (secondary N) is 2. The van der Waals surface area contributed by atoms with Crippen LogP contribution in [0.15, 0.2) is 27.1 Å². The van der Waals surface area contributed by atoms with Gasteiger partial charge in [-0.15, -0.1) is 0 Å². The molecule has 1 fully saturated rings. The highest BCUT2D eigenvalue weighted by molar-refractivity contribution is 7.80. The first-order valence-electron chi connectivity index (χ1n) is 15.9. The molecule has 3 aliphatic heterocycles. The van der Waals surface area contributed by atoms with E-state index in [1.165, 1.54) is 19.9 Å². The van der Waals surface area contributed by atoms with Gasteiger partial charge in [0.1, 0.15) is 49.0 Å². The van der Waals surface area contributed by atoms with Gasteiger partial charge in [0.05, 0.1) is 19.9 Å². The van der Waals surface area contributed by atoms with Crippen molar-refractivity contribution in [1.82, 2.24) is 15.5 Å². The molecule has 10 N–H and O–H groups in total. The number of allylic oxidation sites excluding steroid dienone is 1. The summed E-state index contributed by atoms with van der Waals surface area (Å²) in [6.07, 6.45) is -6.42. The summed E-state index contributed by atoms with van der Waals surface area (Å²) in [4.78, 5) is 101. The van der Waals surface area contributed by atoms with Gasteiger partial charge in [0.15, 0.2) is 5.84 Å². The van der Waals surface area contributed by atoms with Gasteiger partial charge in [0.25, 0.3) is 0 Å². The molecule has 0 aliphatic carbocycles. The molecule has 0 aromatic rings. The molecule has 0 radical (unpaired) electrons. The summed E-state index contributed by atoms with van der Waals surface area (Å²) in [5.41, 5.74) is 1.94. The molecule has 1 saturated heterocycles. The molecule has 55 heavy (non-hydrogen) atoms. The second-order valence-electron chi connectivity index (χ2n) is 12.4. The number of aliphatic hydroxyl groups excluding tert-OH is 2. The number of hydrogen-bond donors (Lipinski definition) is 10. The molecule has 25 nitrogen and oxygen atoms in total. The summed E-state index contributed by atoms with van der Waals surface area (Å²) in [7, 11) is -16.7. The third kappa shape index (κ3) is 12.4. The van der Waals surface area contributed by atoms with Crippen molar-refractivity contribution >= 4 is 77.9 Å². The monoisotopic (exact) mass is 865 g/mol. The minimum absolute atomic E-state index is 0.125. The third-order valence-electron chi connectivity index (χ3n) is 7.81. The van der Waals surface area contributed by atoms with Crippen LogP contribution >= 0.6 is 36.1 Å². The van der Waals surface area contributed by atoms with Crippen LogP contribution in [0.3, 0.4) is 0 Å². The molecule has 3 unspecified atom stereocenters. The van der Waals surface area contributed by atoms with Gasteiger partial charge in [-0.3, -0.25) is 32.9 Å². The summed E-state index contributed by atoms with van der Waals surface area (Å²) in [6, 6.07) is 0. The Labute approximate surface area is 318 Å². The average molecular weight is 866 g/mol. The predicted octanol–water partition coefficient (Wildman–Crippen LogP) is -2.74. The third-order valence-corrected chi connectivity index (χ3v) is 11.1. The summed E-state index contributed by atoms with van der Waals surface area (Å²) in [5.74, 6) is -2.09. The van der Waals surface area contributed by atoms with E-state index in [4.69, 9.17) is 19.5 Å². The Bertz CT molecular complexity index is 1730. The molecule has 0 aromatic heterocycles. The minimum atomic E-state index is -5.66. The number of nitrogens with two attached hydrogens (primary N) is 1. The Hall–Kier alpha value is -2.61. The molecule has 2 amide bonds. The number of rotatable bonds is 22. The second kappa shape index (κ2) is 19.2. The predicted molar refractivity (Wildman–Crippen MR) is 190 cm³/mol. The van der Waals surface area contributed by atoms with E-state index < -0.39 is 103 Å². The van der Waals surface area contributed by atoms with Gasteiger partial charge in [-0.25, -0.2) is 28.6 Å². The van der Waals surface area contributed by atoms with E-state index in [0.717, 1.165) is 17.3 Å². The molecule has 310 valence electrons. The molecule has 0 bridgehead atoms. The molecule has 8 atom stereocenters. The molecule has 0 saturated carbocycles. The lowest BCUT2D eigenvalue weighted by molar-refractivity contribution is -0.140. The number of fused-ring (bicyclic) bond motifs is 1. The number of carbonyl (C=O) groups excluding carboxylic acids is 4. The molecule has 3 rings (SSSR count). The summed E-state index contributed by atoms with van der Waals surface area (Å²) >= 11 is 3.95. The van der Waals surface area contributed by atoms with Crippen molar-refractivity contribution in [2.75, 3.05) is 38.7 Å². The zero-order valence-corrected chi connectivity index (χ0v) is 32.7. The van der Waals surface area contributed by atoms with Gasteiger partial charge in [0, 0.05) is 37.1 Å². The number of amides is 2. The van der Waals surface area contributed by atoms with Gasteiger partial charge in [-0.1, -0.05) is 19.9 Å². The first-order chi connectivity index (χ1) is 25.5. The summed E-state index contributed by atoms with van der Waals surface area (Å²) < 4.78 is 61.4. The Morgan fingerprint density at radius 2 is 1.84 bits per heavy atom. The van der Waals surface area contributed by atoms with E-state index >= 15 is 0 Å². The number of amidine groups is 1. The van der Waals surface area contributed by atoms with Crippen LogP contribution in [-0.4, -0.2) is 151 Å². The zero-order chi connectivity index (χ0) is 41.4.